The third-order valence-electron chi connectivity index (χ3n) is 3.02. The molecule has 0 fully saturated rings. The van der Waals surface area contributed by atoms with Crippen molar-refractivity contribution >= 4 is 27.5 Å². The number of aromatic amines is 1. The van der Waals surface area contributed by atoms with E-state index in [1.807, 2.05) is 27.0 Å². The number of tetrazole rings is 1. The first-order valence-corrected chi connectivity index (χ1v) is 6.85. The van der Waals surface area contributed by atoms with E-state index in [0.717, 1.165) is 15.9 Å². The standard InChI is InChI=1S/C11H13N7OS/c1-5-7-4-8(20-11(7)18(3)15-5)10(19)12-6(2)9-13-16-17-14-9/h4,6H,1-3H3,(H,12,19)(H,13,14,16,17). The Morgan fingerprint density at radius 3 is 3.00 bits per heavy atom. The Balaban J connectivity index is 1.84. The lowest BCUT2D eigenvalue weighted by Gasteiger charge is -2.08. The lowest BCUT2D eigenvalue weighted by Crippen LogP contribution is -2.26. The first kappa shape index (κ1) is 12.7. The summed E-state index contributed by atoms with van der Waals surface area (Å²) in [6.45, 7) is 3.74. The van der Waals surface area contributed by atoms with Crippen molar-refractivity contribution in [2.24, 2.45) is 7.05 Å². The molecule has 104 valence electrons. The average Bonchev–Trinajstić information content (AvgIpc) is 3.11. The number of amides is 1. The van der Waals surface area contributed by atoms with Crippen LogP contribution >= 0.6 is 11.3 Å². The number of aromatic nitrogens is 6. The Hall–Kier alpha value is -2.29. The van der Waals surface area contributed by atoms with Gasteiger partial charge in [0.2, 0.25) is 0 Å². The maximum Gasteiger partial charge on any atom is 0.262 e. The SMILES string of the molecule is Cc1nn(C)c2sc(C(=O)NC(C)c3nn[nH]n3)cc12. The largest absolute Gasteiger partial charge is 0.341 e. The summed E-state index contributed by atoms with van der Waals surface area (Å²) in [4.78, 5) is 13.9. The summed E-state index contributed by atoms with van der Waals surface area (Å²) in [6, 6.07) is 1.56. The summed E-state index contributed by atoms with van der Waals surface area (Å²) in [7, 11) is 1.87. The molecule has 0 aliphatic carbocycles. The van der Waals surface area contributed by atoms with Gasteiger partial charge in [0.15, 0.2) is 5.82 Å². The van der Waals surface area contributed by atoms with Crippen molar-refractivity contribution in [1.29, 1.82) is 0 Å². The van der Waals surface area contributed by atoms with Crippen LogP contribution in [0.2, 0.25) is 0 Å². The van der Waals surface area contributed by atoms with Crippen LogP contribution in [0.5, 0.6) is 0 Å². The van der Waals surface area contributed by atoms with E-state index in [1.165, 1.54) is 11.3 Å². The monoisotopic (exact) mass is 291 g/mol. The highest BCUT2D eigenvalue weighted by molar-refractivity contribution is 7.20. The van der Waals surface area contributed by atoms with Crippen LogP contribution in [0.25, 0.3) is 10.2 Å². The fourth-order valence-electron chi connectivity index (χ4n) is 2.00. The summed E-state index contributed by atoms with van der Waals surface area (Å²) in [6.07, 6.45) is 0. The first-order chi connectivity index (χ1) is 9.56. The van der Waals surface area contributed by atoms with E-state index in [-0.39, 0.29) is 11.9 Å². The first-order valence-electron chi connectivity index (χ1n) is 6.03. The van der Waals surface area contributed by atoms with Crippen molar-refractivity contribution in [3.05, 3.63) is 22.5 Å². The van der Waals surface area contributed by atoms with E-state index in [2.05, 4.69) is 31.0 Å². The number of rotatable bonds is 3. The second-order valence-electron chi connectivity index (χ2n) is 4.50. The van der Waals surface area contributed by atoms with Crippen molar-refractivity contribution in [2.45, 2.75) is 19.9 Å². The summed E-state index contributed by atoms with van der Waals surface area (Å²) in [5.74, 6) is 0.306. The minimum Gasteiger partial charge on any atom is -0.341 e. The summed E-state index contributed by atoms with van der Waals surface area (Å²) < 4.78 is 1.79. The van der Waals surface area contributed by atoms with Crippen LogP contribution in [0.3, 0.4) is 0 Å². The van der Waals surface area contributed by atoms with Gasteiger partial charge in [-0.05, 0) is 19.9 Å². The molecule has 3 aromatic rings. The number of thiophene rings is 1. The maximum absolute atomic E-state index is 12.2. The molecule has 1 atom stereocenters. The highest BCUT2D eigenvalue weighted by Gasteiger charge is 2.18. The van der Waals surface area contributed by atoms with E-state index < -0.39 is 0 Å². The van der Waals surface area contributed by atoms with Crippen LogP contribution < -0.4 is 5.32 Å². The van der Waals surface area contributed by atoms with Gasteiger partial charge in [0, 0.05) is 12.4 Å². The number of fused-ring (bicyclic) bond motifs is 1. The van der Waals surface area contributed by atoms with E-state index >= 15 is 0 Å². The molecule has 0 bridgehead atoms. The maximum atomic E-state index is 12.2. The molecule has 0 aromatic carbocycles. The van der Waals surface area contributed by atoms with E-state index in [0.29, 0.717) is 10.7 Å². The van der Waals surface area contributed by atoms with Gasteiger partial charge in [-0.3, -0.25) is 9.48 Å². The molecule has 0 saturated heterocycles. The fraction of sp³-hybridized carbons (Fsp3) is 0.364. The van der Waals surface area contributed by atoms with Crippen molar-refractivity contribution in [1.82, 2.24) is 35.7 Å². The number of nitrogens with zero attached hydrogens (tertiary/aromatic N) is 5. The lowest BCUT2D eigenvalue weighted by molar-refractivity contribution is 0.0942. The fourth-order valence-corrected chi connectivity index (χ4v) is 3.03. The molecular formula is C11H13N7OS. The van der Waals surface area contributed by atoms with E-state index in [9.17, 15) is 4.79 Å². The molecule has 20 heavy (non-hydrogen) atoms. The Bertz CT molecular complexity index is 723. The Labute approximate surface area is 118 Å². The predicted octanol–water partition coefficient (Wildman–Crippen LogP) is 0.947. The quantitative estimate of drug-likeness (QED) is 0.748. The molecule has 2 N–H and O–H groups in total. The number of hydrogen-bond donors (Lipinski definition) is 2. The molecule has 0 saturated carbocycles. The van der Waals surface area contributed by atoms with Gasteiger partial charge in [0.25, 0.3) is 5.91 Å². The summed E-state index contributed by atoms with van der Waals surface area (Å²) in [5.41, 5.74) is 0.920. The van der Waals surface area contributed by atoms with Crippen molar-refractivity contribution < 1.29 is 4.79 Å². The Morgan fingerprint density at radius 1 is 1.55 bits per heavy atom. The van der Waals surface area contributed by atoms with Crippen LogP contribution in [-0.2, 0) is 7.05 Å². The van der Waals surface area contributed by atoms with Crippen LogP contribution in [0.4, 0.5) is 0 Å². The number of H-pyrrole nitrogens is 1. The average molecular weight is 291 g/mol. The third-order valence-corrected chi connectivity index (χ3v) is 4.22. The van der Waals surface area contributed by atoms with Gasteiger partial charge < -0.3 is 5.32 Å². The smallest absolute Gasteiger partial charge is 0.262 e. The minimum absolute atomic E-state index is 0.150. The van der Waals surface area contributed by atoms with Gasteiger partial charge >= 0.3 is 0 Å². The number of aryl methyl sites for hydroxylation is 2. The zero-order chi connectivity index (χ0) is 14.3. The molecule has 0 radical (unpaired) electrons. The second-order valence-corrected chi connectivity index (χ2v) is 5.53. The van der Waals surface area contributed by atoms with Crippen molar-refractivity contribution in [2.75, 3.05) is 0 Å². The summed E-state index contributed by atoms with van der Waals surface area (Å²) >= 11 is 1.42. The second kappa shape index (κ2) is 4.67. The normalized spacial score (nSPS) is 12.8. The third kappa shape index (κ3) is 2.05. The number of carbonyl (C=O) groups excluding carboxylic acids is 1. The van der Waals surface area contributed by atoms with Crippen LogP contribution in [0.1, 0.15) is 34.2 Å². The molecule has 3 aromatic heterocycles. The predicted molar refractivity (Wildman–Crippen MR) is 73.4 cm³/mol. The van der Waals surface area contributed by atoms with Crippen LogP contribution in [0.15, 0.2) is 6.07 Å². The molecule has 0 spiro atoms. The molecule has 1 amide bonds. The Morgan fingerprint density at radius 2 is 2.35 bits per heavy atom. The topological polar surface area (TPSA) is 101 Å². The van der Waals surface area contributed by atoms with Gasteiger partial charge in [0.05, 0.1) is 16.6 Å². The van der Waals surface area contributed by atoms with Gasteiger partial charge in [-0.2, -0.15) is 10.3 Å². The van der Waals surface area contributed by atoms with Gasteiger partial charge in [-0.1, -0.05) is 5.21 Å². The van der Waals surface area contributed by atoms with Crippen molar-refractivity contribution in [3.8, 4) is 0 Å². The highest BCUT2D eigenvalue weighted by Crippen LogP contribution is 2.27. The minimum atomic E-state index is -0.300. The zero-order valence-electron chi connectivity index (χ0n) is 11.2. The zero-order valence-corrected chi connectivity index (χ0v) is 12.0. The molecule has 8 nitrogen and oxygen atoms in total. The van der Waals surface area contributed by atoms with E-state index in [1.54, 1.807) is 4.68 Å². The van der Waals surface area contributed by atoms with Crippen LogP contribution in [-0.4, -0.2) is 36.3 Å². The molecule has 0 aliphatic rings. The Kier molecular flexibility index (Phi) is 2.97. The molecule has 1 unspecified atom stereocenters. The number of hydrogen-bond acceptors (Lipinski definition) is 6. The van der Waals surface area contributed by atoms with E-state index in [4.69, 9.17) is 0 Å². The van der Waals surface area contributed by atoms with Gasteiger partial charge in [-0.25, -0.2) is 0 Å². The summed E-state index contributed by atoms with van der Waals surface area (Å²) in [5, 5.41) is 21.7. The van der Waals surface area contributed by atoms with Crippen LogP contribution in [0, 0.1) is 6.92 Å². The van der Waals surface area contributed by atoms with Crippen molar-refractivity contribution in [3.63, 3.8) is 0 Å². The molecule has 3 heterocycles. The lowest BCUT2D eigenvalue weighted by atomic mass is 10.3. The molecular weight excluding hydrogens is 278 g/mol. The molecule has 3 rings (SSSR count). The van der Waals surface area contributed by atoms with Gasteiger partial charge in [0.1, 0.15) is 4.83 Å². The molecule has 9 heteroatoms. The van der Waals surface area contributed by atoms with Gasteiger partial charge in [-0.15, -0.1) is 21.5 Å². The number of nitrogens with one attached hydrogen (secondary N) is 2. The highest BCUT2D eigenvalue weighted by atomic mass is 32.1. The number of carbonyl (C=O) groups is 1. The molecule has 0 aliphatic heterocycles.